The summed E-state index contributed by atoms with van der Waals surface area (Å²) in [4.78, 5) is 38.6. The van der Waals surface area contributed by atoms with E-state index < -0.39 is 5.92 Å². The van der Waals surface area contributed by atoms with E-state index in [9.17, 15) is 18.8 Å². The van der Waals surface area contributed by atoms with E-state index in [-0.39, 0.29) is 30.0 Å². The molecule has 8 heteroatoms. The second-order valence-electron chi connectivity index (χ2n) is 7.34. The quantitative estimate of drug-likeness (QED) is 0.717. The zero-order chi connectivity index (χ0) is 21.4. The normalized spacial score (nSPS) is 18.4. The third kappa shape index (κ3) is 3.87. The Morgan fingerprint density at radius 2 is 1.93 bits per heavy atom. The first kappa shape index (κ1) is 20.3. The molecule has 2 heterocycles. The molecule has 0 aromatic heterocycles. The van der Waals surface area contributed by atoms with Crippen LogP contribution in [0.2, 0.25) is 0 Å². The molecule has 0 bridgehead atoms. The molecule has 2 aromatic carbocycles. The number of nitrogens with zero attached hydrogens (tertiary/aromatic N) is 1. The number of anilines is 2. The van der Waals surface area contributed by atoms with Crippen molar-refractivity contribution in [2.75, 3.05) is 17.3 Å². The highest BCUT2D eigenvalue weighted by molar-refractivity contribution is 9.10. The van der Waals surface area contributed by atoms with Crippen molar-refractivity contribution in [2.24, 2.45) is 0 Å². The first-order chi connectivity index (χ1) is 14.3. The van der Waals surface area contributed by atoms with Gasteiger partial charge in [0.2, 0.25) is 11.8 Å². The van der Waals surface area contributed by atoms with E-state index in [1.165, 1.54) is 18.3 Å². The molecule has 2 aliphatic heterocycles. The summed E-state index contributed by atoms with van der Waals surface area (Å²) in [5.41, 5.74) is 3.36. The molecule has 0 saturated heterocycles. The van der Waals surface area contributed by atoms with E-state index in [0.717, 1.165) is 11.3 Å². The number of amides is 3. The topological polar surface area (TPSA) is 78.5 Å². The summed E-state index contributed by atoms with van der Waals surface area (Å²) in [5, 5.41) is 5.46. The van der Waals surface area contributed by atoms with Crippen LogP contribution in [0.1, 0.15) is 29.9 Å². The van der Waals surface area contributed by atoms with Gasteiger partial charge in [0.25, 0.3) is 5.91 Å². The molecule has 3 amide bonds. The maximum atomic E-state index is 13.3. The van der Waals surface area contributed by atoms with Gasteiger partial charge < -0.3 is 15.5 Å². The number of benzene rings is 2. The predicted molar refractivity (Wildman–Crippen MR) is 114 cm³/mol. The Balaban J connectivity index is 1.63. The summed E-state index contributed by atoms with van der Waals surface area (Å²) < 4.78 is 14.0. The summed E-state index contributed by atoms with van der Waals surface area (Å²) in [6, 6.07) is 9.45. The molecule has 2 aliphatic rings. The minimum Gasteiger partial charge on any atom is -0.332 e. The number of halogens is 2. The highest BCUT2D eigenvalue weighted by atomic mass is 79.9. The number of hydrogen-bond acceptors (Lipinski definition) is 3. The number of carbonyl (C=O) groups is 3. The summed E-state index contributed by atoms with van der Waals surface area (Å²) >= 11 is 3.49. The average molecular weight is 472 g/mol. The standard InChI is InChI=1S/C22H19BrFN3O3/c1-27-19-10-18(17(23)8-13(19)4-7-21(27)29)26-22(30)16-11-25-20(28)9-15(16)12-2-5-14(24)6-3-12/h2-3,5-6,8,10-11,15H,4,7,9H2,1H3,(H,25,28)(H,26,30). The Hall–Kier alpha value is -3.00. The van der Waals surface area contributed by atoms with Gasteiger partial charge >= 0.3 is 0 Å². The fourth-order valence-corrected chi connectivity index (χ4v) is 4.27. The second kappa shape index (κ2) is 8.02. The zero-order valence-corrected chi connectivity index (χ0v) is 17.8. The molecule has 2 aromatic rings. The largest absolute Gasteiger partial charge is 0.332 e. The molecule has 0 radical (unpaired) electrons. The van der Waals surface area contributed by atoms with Crippen LogP contribution in [0.4, 0.5) is 15.8 Å². The van der Waals surface area contributed by atoms with Gasteiger partial charge in [-0.3, -0.25) is 14.4 Å². The Bertz CT molecular complexity index is 1080. The van der Waals surface area contributed by atoms with Gasteiger partial charge in [-0.25, -0.2) is 4.39 Å². The zero-order valence-electron chi connectivity index (χ0n) is 16.2. The van der Waals surface area contributed by atoms with Crippen LogP contribution in [0.3, 0.4) is 0 Å². The van der Waals surface area contributed by atoms with Gasteiger partial charge in [0.15, 0.2) is 0 Å². The molecule has 30 heavy (non-hydrogen) atoms. The Morgan fingerprint density at radius 3 is 2.67 bits per heavy atom. The first-order valence-corrected chi connectivity index (χ1v) is 10.3. The lowest BCUT2D eigenvalue weighted by atomic mass is 9.86. The molecule has 0 fully saturated rings. The molecule has 154 valence electrons. The molecule has 4 rings (SSSR count). The van der Waals surface area contributed by atoms with Crippen LogP contribution in [-0.4, -0.2) is 24.8 Å². The minimum atomic E-state index is -0.486. The van der Waals surface area contributed by atoms with Gasteiger partial charge in [0.05, 0.1) is 5.69 Å². The fraction of sp³-hybridized carbons (Fsp3) is 0.227. The van der Waals surface area contributed by atoms with E-state index in [0.29, 0.717) is 34.1 Å². The Labute approximate surface area is 181 Å². The number of hydrogen-bond donors (Lipinski definition) is 2. The monoisotopic (exact) mass is 471 g/mol. The first-order valence-electron chi connectivity index (χ1n) is 9.48. The Morgan fingerprint density at radius 1 is 1.20 bits per heavy atom. The van der Waals surface area contributed by atoms with Crippen LogP contribution in [-0.2, 0) is 20.8 Å². The fourth-order valence-electron chi connectivity index (χ4n) is 3.78. The number of fused-ring (bicyclic) bond motifs is 1. The highest BCUT2D eigenvalue weighted by Gasteiger charge is 2.30. The molecular weight excluding hydrogens is 453 g/mol. The highest BCUT2D eigenvalue weighted by Crippen LogP contribution is 2.36. The van der Waals surface area contributed by atoms with Crippen molar-refractivity contribution in [2.45, 2.75) is 25.2 Å². The molecule has 1 atom stereocenters. The molecule has 0 saturated carbocycles. The van der Waals surface area contributed by atoms with Crippen molar-refractivity contribution in [1.82, 2.24) is 5.32 Å². The summed E-state index contributed by atoms with van der Waals surface area (Å²) in [5.74, 6) is -1.44. The summed E-state index contributed by atoms with van der Waals surface area (Å²) in [6.07, 6.45) is 2.59. The maximum Gasteiger partial charge on any atom is 0.253 e. The maximum absolute atomic E-state index is 13.3. The molecule has 2 N–H and O–H groups in total. The van der Waals surface area contributed by atoms with Crippen LogP contribution in [0.25, 0.3) is 0 Å². The predicted octanol–water partition coefficient (Wildman–Crippen LogP) is 3.62. The van der Waals surface area contributed by atoms with Crippen LogP contribution >= 0.6 is 15.9 Å². The average Bonchev–Trinajstić information content (AvgIpc) is 2.72. The minimum absolute atomic E-state index is 0.0242. The van der Waals surface area contributed by atoms with E-state index >= 15 is 0 Å². The van der Waals surface area contributed by atoms with Gasteiger partial charge in [0, 0.05) is 47.7 Å². The molecule has 0 aliphatic carbocycles. The number of rotatable bonds is 3. The lowest BCUT2D eigenvalue weighted by Gasteiger charge is -2.27. The number of carbonyl (C=O) groups excluding carboxylic acids is 3. The van der Waals surface area contributed by atoms with Gasteiger partial charge in [-0.05, 0) is 57.7 Å². The van der Waals surface area contributed by atoms with Gasteiger partial charge in [0.1, 0.15) is 5.82 Å². The lowest BCUT2D eigenvalue weighted by Crippen LogP contribution is -2.32. The van der Waals surface area contributed by atoms with E-state index in [4.69, 9.17) is 0 Å². The van der Waals surface area contributed by atoms with Crippen molar-refractivity contribution < 1.29 is 18.8 Å². The van der Waals surface area contributed by atoms with Crippen molar-refractivity contribution >= 4 is 45.0 Å². The van der Waals surface area contributed by atoms with Gasteiger partial charge in [-0.15, -0.1) is 0 Å². The van der Waals surface area contributed by atoms with Gasteiger partial charge in [-0.1, -0.05) is 12.1 Å². The number of aryl methyl sites for hydroxylation is 1. The smallest absolute Gasteiger partial charge is 0.253 e. The number of nitrogens with one attached hydrogen (secondary N) is 2. The van der Waals surface area contributed by atoms with Crippen molar-refractivity contribution in [3.63, 3.8) is 0 Å². The van der Waals surface area contributed by atoms with E-state index in [2.05, 4.69) is 26.6 Å². The molecule has 1 unspecified atom stereocenters. The molecular formula is C22H19BrFN3O3. The van der Waals surface area contributed by atoms with E-state index in [1.807, 2.05) is 6.07 Å². The SMILES string of the molecule is CN1C(=O)CCc2cc(Br)c(NC(=O)C3=CNC(=O)CC3c3ccc(F)cc3)cc21. The summed E-state index contributed by atoms with van der Waals surface area (Å²) in [6.45, 7) is 0. The van der Waals surface area contributed by atoms with Crippen LogP contribution in [0.5, 0.6) is 0 Å². The summed E-state index contributed by atoms with van der Waals surface area (Å²) in [7, 11) is 1.71. The van der Waals surface area contributed by atoms with E-state index in [1.54, 1.807) is 30.1 Å². The van der Waals surface area contributed by atoms with Crippen molar-refractivity contribution in [3.8, 4) is 0 Å². The molecule has 6 nitrogen and oxygen atoms in total. The van der Waals surface area contributed by atoms with Crippen molar-refractivity contribution in [3.05, 3.63) is 69.6 Å². The Kier molecular flexibility index (Phi) is 5.42. The van der Waals surface area contributed by atoms with Crippen molar-refractivity contribution in [1.29, 1.82) is 0 Å². The van der Waals surface area contributed by atoms with Gasteiger partial charge in [-0.2, -0.15) is 0 Å². The molecule has 0 spiro atoms. The van der Waals surface area contributed by atoms with Crippen LogP contribution in [0.15, 0.2) is 52.6 Å². The van der Waals surface area contributed by atoms with Crippen LogP contribution in [0, 0.1) is 5.82 Å². The lowest BCUT2D eigenvalue weighted by molar-refractivity contribution is -0.121. The third-order valence-corrected chi connectivity index (χ3v) is 6.10. The second-order valence-corrected chi connectivity index (χ2v) is 8.20. The van der Waals surface area contributed by atoms with Crippen LogP contribution < -0.4 is 15.5 Å². The third-order valence-electron chi connectivity index (χ3n) is 5.45.